The van der Waals surface area contributed by atoms with Crippen molar-refractivity contribution in [1.29, 1.82) is 0 Å². The van der Waals surface area contributed by atoms with Gasteiger partial charge in [-0.1, -0.05) is 23.7 Å². The van der Waals surface area contributed by atoms with Crippen LogP contribution < -0.4 is 5.32 Å². The molecule has 0 aliphatic heterocycles. The zero-order chi connectivity index (χ0) is 13.1. The van der Waals surface area contributed by atoms with E-state index in [1.165, 1.54) is 18.2 Å². The maximum absolute atomic E-state index is 13.1. The summed E-state index contributed by atoms with van der Waals surface area (Å²) in [5.74, 6) is -1.56. The molecule has 18 heavy (non-hydrogen) atoms. The molecule has 94 valence electrons. The molecule has 0 heterocycles. The fourth-order valence-electron chi connectivity index (χ4n) is 1.56. The first-order valence-corrected chi connectivity index (χ1v) is 5.60. The molecule has 0 aliphatic carbocycles. The van der Waals surface area contributed by atoms with Gasteiger partial charge in [-0.25, -0.2) is 8.78 Å². The number of hydrogen-bond acceptors (Lipinski definition) is 2. The van der Waals surface area contributed by atoms with Gasteiger partial charge in [0.05, 0.1) is 0 Å². The summed E-state index contributed by atoms with van der Waals surface area (Å²) >= 11 is 5.70. The predicted octanol–water partition coefficient (Wildman–Crippen LogP) is 3.94. The standard InChI is InChI=1S/C13H10ClF2NO/c14-9-4-10(15)6-11(5-9)17-7-8-2-1-3-12(16)13(8)18/h1-6,17-18H,7H2. The largest absolute Gasteiger partial charge is 0.505 e. The van der Waals surface area contributed by atoms with Crippen molar-refractivity contribution in [2.24, 2.45) is 0 Å². The second-order valence-corrected chi connectivity index (χ2v) is 4.20. The van der Waals surface area contributed by atoms with Crippen molar-refractivity contribution in [2.75, 3.05) is 5.32 Å². The average molecular weight is 270 g/mol. The summed E-state index contributed by atoms with van der Waals surface area (Å²) in [7, 11) is 0. The Morgan fingerprint density at radius 2 is 1.94 bits per heavy atom. The summed E-state index contributed by atoms with van der Waals surface area (Å²) < 4.78 is 26.1. The van der Waals surface area contributed by atoms with Crippen LogP contribution in [0.15, 0.2) is 36.4 Å². The van der Waals surface area contributed by atoms with Crippen molar-refractivity contribution in [3.8, 4) is 5.75 Å². The minimum absolute atomic E-state index is 0.170. The highest BCUT2D eigenvalue weighted by molar-refractivity contribution is 6.30. The van der Waals surface area contributed by atoms with Gasteiger partial charge in [0.1, 0.15) is 5.82 Å². The summed E-state index contributed by atoms with van der Waals surface area (Å²) in [5.41, 5.74) is 0.846. The maximum atomic E-state index is 13.1. The van der Waals surface area contributed by atoms with E-state index >= 15 is 0 Å². The Labute approximate surface area is 108 Å². The highest BCUT2D eigenvalue weighted by Crippen LogP contribution is 2.23. The Morgan fingerprint density at radius 3 is 2.67 bits per heavy atom. The number of nitrogens with one attached hydrogen (secondary N) is 1. The summed E-state index contributed by atoms with van der Waals surface area (Å²) in [6.07, 6.45) is 0. The zero-order valence-electron chi connectivity index (χ0n) is 9.25. The monoisotopic (exact) mass is 269 g/mol. The highest BCUT2D eigenvalue weighted by atomic mass is 35.5. The molecule has 2 rings (SSSR count). The minimum atomic E-state index is -0.688. The van der Waals surface area contributed by atoms with Gasteiger partial charge >= 0.3 is 0 Å². The van der Waals surface area contributed by atoms with Crippen LogP contribution in [0, 0.1) is 11.6 Å². The fourth-order valence-corrected chi connectivity index (χ4v) is 1.78. The maximum Gasteiger partial charge on any atom is 0.165 e. The number of benzene rings is 2. The molecule has 5 heteroatoms. The van der Waals surface area contributed by atoms with Crippen molar-refractivity contribution in [1.82, 2.24) is 0 Å². The van der Waals surface area contributed by atoms with E-state index < -0.39 is 17.4 Å². The lowest BCUT2D eigenvalue weighted by molar-refractivity contribution is 0.427. The average Bonchev–Trinajstić information content (AvgIpc) is 2.30. The Morgan fingerprint density at radius 1 is 1.17 bits per heavy atom. The summed E-state index contributed by atoms with van der Waals surface area (Å²) in [5, 5.41) is 12.6. The van der Waals surface area contributed by atoms with E-state index in [9.17, 15) is 13.9 Å². The summed E-state index contributed by atoms with van der Waals surface area (Å²) in [4.78, 5) is 0. The van der Waals surface area contributed by atoms with Crippen molar-refractivity contribution in [2.45, 2.75) is 6.54 Å². The molecule has 0 atom stereocenters. The van der Waals surface area contributed by atoms with E-state index in [4.69, 9.17) is 11.6 Å². The number of aromatic hydroxyl groups is 1. The van der Waals surface area contributed by atoms with Gasteiger partial charge in [0.15, 0.2) is 11.6 Å². The van der Waals surface area contributed by atoms with Crippen molar-refractivity contribution in [3.05, 3.63) is 58.6 Å². The van der Waals surface area contributed by atoms with Gasteiger partial charge in [0.25, 0.3) is 0 Å². The molecule has 0 saturated heterocycles. The molecule has 0 saturated carbocycles. The number of para-hydroxylation sites is 1. The Kier molecular flexibility index (Phi) is 3.67. The number of hydrogen-bond donors (Lipinski definition) is 2. The SMILES string of the molecule is Oc1c(F)cccc1CNc1cc(F)cc(Cl)c1. The molecule has 0 aromatic heterocycles. The van der Waals surface area contributed by atoms with Crippen LogP contribution in [0.3, 0.4) is 0 Å². The molecule has 0 unspecified atom stereocenters. The summed E-state index contributed by atoms with van der Waals surface area (Å²) in [6.45, 7) is 0.170. The van der Waals surface area contributed by atoms with Crippen LogP contribution in [0.25, 0.3) is 0 Å². The molecule has 0 radical (unpaired) electrons. The topological polar surface area (TPSA) is 32.3 Å². The molecule has 2 aromatic rings. The quantitative estimate of drug-likeness (QED) is 0.885. The molecule has 2 N–H and O–H groups in total. The number of halogens is 3. The van der Waals surface area contributed by atoms with E-state index in [0.29, 0.717) is 11.3 Å². The number of rotatable bonds is 3. The molecule has 0 spiro atoms. The second-order valence-electron chi connectivity index (χ2n) is 3.76. The van der Waals surface area contributed by atoms with Crippen LogP contribution in [0.1, 0.15) is 5.56 Å². The minimum Gasteiger partial charge on any atom is -0.505 e. The van der Waals surface area contributed by atoms with Crippen LogP contribution in [-0.4, -0.2) is 5.11 Å². The summed E-state index contributed by atoms with van der Waals surface area (Å²) in [6, 6.07) is 8.23. The van der Waals surface area contributed by atoms with E-state index in [2.05, 4.69) is 5.32 Å². The van der Waals surface area contributed by atoms with Gasteiger partial charge in [-0.2, -0.15) is 0 Å². The molecule has 0 fully saturated rings. The molecular formula is C13H10ClF2NO. The van der Waals surface area contributed by atoms with E-state index in [0.717, 1.165) is 6.07 Å². The first-order valence-electron chi connectivity index (χ1n) is 5.22. The Hall–Kier alpha value is -1.81. The lowest BCUT2D eigenvalue weighted by Crippen LogP contribution is -2.00. The van der Waals surface area contributed by atoms with Crippen LogP contribution in [-0.2, 0) is 6.54 Å². The number of phenolic OH excluding ortho intramolecular Hbond substituents is 1. The lowest BCUT2D eigenvalue weighted by atomic mass is 10.2. The third-order valence-electron chi connectivity index (χ3n) is 2.42. The second kappa shape index (κ2) is 5.23. The molecule has 0 bridgehead atoms. The lowest BCUT2D eigenvalue weighted by Gasteiger charge is -2.09. The van der Waals surface area contributed by atoms with E-state index in [-0.39, 0.29) is 11.6 Å². The van der Waals surface area contributed by atoms with Crippen molar-refractivity contribution < 1.29 is 13.9 Å². The van der Waals surface area contributed by atoms with Crippen LogP contribution in [0.4, 0.5) is 14.5 Å². The number of phenols is 1. The predicted molar refractivity (Wildman–Crippen MR) is 66.8 cm³/mol. The van der Waals surface area contributed by atoms with Gasteiger partial charge in [-0.15, -0.1) is 0 Å². The van der Waals surface area contributed by atoms with Gasteiger partial charge in [0, 0.05) is 22.8 Å². The van der Waals surface area contributed by atoms with E-state index in [1.807, 2.05) is 0 Å². The van der Waals surface area contributed by atoms with Gasteiger partial charge in [-0.3, -0.25) is 0 Å². The smallest absolute Gasteiger partial charge is 0.165 e. The van der Waals surface area contributed by atoms with Crippen molar-refractivity contribution >= 4 is 17.3 Å². The third kappa shape index (κ3) is 2.90. The van der Waals surface area contributed by atoms with Crippen molar-refractivity contribution in [3.63, 3.8) is 0 Å². The zero-order valence-corrected chi connectivity index (χ0v) is 10.0. The fraction of sp³-hybridized carbons (Fsp3) is 0.0769. The molecule has 0 aliphatic rings. The van der Waals surface area contributed by atoms with Gasteiger partial charge in [-0.05, 0) is 24.3 Å². The Balaban J connectivity index is 2.14. The van der Waals surface area contributed by atoms with Crippen LogP contribution >= 0.6 is 11.6 Å². The number of anilines is 1. The molecule has 2 nitrogen and oxygen atoms in total. The third-order valence-corrected chi connectivity index (χ3v) is 2.63. The highest BCUT2D eigenvalue weighted by Gasteiger charge is 2.06. The molecular weight excluding hydrogens is 260 g/mol. The Bertz CT molecular complexity index is 555. The molecule has 0 amide bonds. The van der Waals surface area contributed by atoms with E-state index in [1.54, 1.807) is 12.1 Å². The normalized spacial score (nSPS) is 10.4. The van der Waals surface area contributed by atoms with Crippen LogP contribution in [0.5, 0.6) is 5.75 Å². The van der Waals surface area contributed by atoms with Gasteiger partial charge in [0.2, 0.25) is 0 Å². The first kappa shape index (κ1) is 12.6. The van der Waals surface area contributed by atoms with Gasteiger partial charge < -0.3 is 10.4 Å². The molecule has 2 aromatic carbocycles. The first-order chi connectivity index (χ1) is 8.56. The van der Waals surface area contributed by atoms with Crippen LogP contribution in [0.2, 0.25) is 5.02 Å².